The smallest absolute Gasteiger partial charge is 0.159 e. The maximum absolute atomic E-state index is 5.86. The predicted octanol–water partition coefficient (Wildman–Crippen LogP) is 2.50. The van der Waals surface area contributed by atoms with Crippen LogP contribution in [0.4, 0.5) is 0 Å². The Bertz CT molecular complexity index is 696. The third-order valence-corrected chi connectivity index (χ3v) is 3.37. The second kappa shape index (κ2) is 4.74. The first-order valence-electron chi connectivity index (χ1n) is 6.17. The van der Waals surface area contributed by atoms with E-state index in [0.717, 1.165) is 34.9 Å². The number of fused-ring (bicyclic) bond motifs is 1. The number of nitrogens with zero attached hydrogens (tertiary/aromatic N) is 4. The number of halogens is 1. The molecule has 3 heterocycles. The molecule has 0 amide bonds. The molecule has 0 atom stereocenters. The number of hydrogen-bond donors (Lipinski definition) is 0. The first kappa shape index (κ1) is 12.3. The summed E-state index contributed by atoms with van der Waals surface area (Å²) in [6.45, 7) is 2.62. The van der Waals surface area contributed by atoms with Gasteiger partial charge in [0.05, 0.1) is 18.5 Å². The van der Waals surface area contributed by atoms with Gasteiger partial charge in [-0.3, -0.25) is 4.68 Å². The van der Waals surface area contributed by atoms with E-state index < -0.39 is 0 Å². The van der Waals surface area contributed by atoms with Gasteiger partial charge in [-0.1, -0.05) is 0 Å². The summed E-state index contributed by atoms with van der Waals surface area (Å²) in [6, 6.07) is 3.85. The van der Waals surface area contributed by atoms with Crippen LogP contribution in [-0.4, -0.2) is 25.2 Å². The van der Waals surface area contributed by atoms with Gasteiger partial charge in [-0.2, -0.15) is 5.10 Å². The number of imidazole rings is 1. The van der Waals surface area contributed by atoms with E-state index in [-0.39, 0.29) is 0 Å². The first-order chi connectivity index (χ1) is 9.20. The molecule has 0 fully saturated rings. The van der Waals surface area contributed by atoms with Gasteiger partial charge >= 0.3 is 0 Å². The van der Waals surface area contributed by atoms with Crippen LogP contribution in [-0.2, 0) is 20.0 Å². The highest BCUT2D eigenvalue weighted by Gasteiger charge is 2.17. The largest absolute Gasteiger partial charge is 0.467 e. The molecular formula is C13H15ClN4O. The van der Waals surface area contributed by atoms with Crippen LogP contribution in [0.25, 0.3) is 11.2 Å². The SMILES string of the molecule is Cc1nn(C)c2c1nc(CCCl)n2Cc1ccco1. The third-order valence-electron chi connectivity index (χ3n) is 3.18. The molecule has 0 N–H and O–H groups in total. The highest BCUT2D eigenvalue weighted by atomic mass is 35.5. The molecule has 0 aliphatic heterocycles. The zero-order chi connectivity index (χ0) is 13.4. The number of alkyl halides is 1. The Morgan fingerprint density at radius 3 is 2.95 bits per heavy atom. The van der Waals surface area contributed by atoms with Gasteiger partial charge in [-0.05, 0) is 19.1 Å². The van der Waals surface area contributed by atoms with Crippen molar-refractivity contribution in [1.82, 2.24) is 19.3 Å². The van der Waals surface area contributed by atoms with Crippen molar-refractivity contribution in [2.75, 3.05) is 5.88 Å². The second-order valence-corrected chi connectivity index (χ2v) is 4.89. The summed E-state index contributed by atoms with van der Waals surface area (Å²) in [5.74, 6) is 2.42. The monoisotopic (exact) mass is 278 g/mol. The molecule has 0 saturated carbocycles. The van der Waals surface area contributed by atoms with Crippen LogP contribution in [0.1, 0.15) is 17.3 Å². The minimum Gasteiger partial charge on any atom is -0.467 e. The van der Waals surface area contributed by atoms with E-state index in [1.165, 1.54) is 0 Å². The lowest BCUT2D eigenvalue weighted by molar-refractivity contribution is 0.490. The Morgan fingerprint density at radius 2 is 2.26 bits per heavy atom. The molecule has 0 unspecified atom stereocenters. The zero-order valence-electron chi connectivity index (χ0n) is 10.9. The van der Waals surface area contributed by atoms with Crippen molar-refractivity contribution in [1.29, 1.82) is 0 Å². The number of aryl methyl sites for hydroxylation is 3. The Balaban J connectivity index is 2.15. The maximum Gasteiger partial charge on any atom is 0.159 e. The molecule has 0 bridgehead atoms. The molecule has 0 aromatic carbocycles. The van der Waals surface area contributed by atoms with Gasteiger partial charge in [0.1, 0.15) is 17.1 Å². The van der Waals surface area contributed by atoms with Crippen molar-refractivity contribution in [2.24, 2.45) is 7.05 Å². The van der Waals surface area contributed by atoms with Gasteiger partial charge < -0.3 is 8.98 Å². The van der Waals surface area contributed by atoms with Crippen LogP contribution < -0.4 is 0 Å². The molecule has 0 aliphatic rings. The highest BCUT2D eigenvalue weighted by Crippen LogP contribution is 2.21. The quantitative estimate of drug-likeness (QED) is 0.689. The van der Waals surface area contributed by atoms with Crippen LogP contribution in [0.5, 0.6) is 0 Å². The number of hydrogen-bond acceptors (Lipinski definition) is 3. The van der Waals surface area contributed by atoms with E-state index in [4.69, 9.17) is 16.0 Å². The average molecular weight is 279 g/mol. The second-order valence-electron chi connectivity index (χ2n) is 4.51. The summed E-state index contributed by atoms with van der Waals surface area (Å²) < 4.78 is 9.41. The van der Waals surface area contributed by atoms with E-state index in [9.17, 15) is 0 Å². The van der Waals surface area contributed by atoms with E-state index in [0.29, 0.717) is 12.4 Å². The fourth-order valence-corrected chi connectivity index (χ4v) is 2.55. The van der Waals surface area contributed by atoms with E-state index in [2.05, 4.69) is 14.6 Å². The molecule has 0 aliphatic carbocycles. The summed E-state index contributed by atoms with van der Waals surface area (Å²) >= 11 is 5.86. The lowest BCUT2D eigenvalue weighted by atomic mass is 10.4. The van der Waals surface area contributed by atoms with E-state index in [1.54, 1.807) is 6.26 Å². The molecule has 19 heavy (non-hydrogen) atoms. The number of rotatable bonds is 4. The van der Waals surface area contributed by atoms with Crippen LogP contribution >= 0.6 is 11.6 Å². The summed E-state index contributed by atoms with van der Waals surface area (Å²) in [5.41, 5.74) is 2.88. The molecule has 6 heteroatoms. The molecule has 100 valence electrons. The topological polar surface area (TPSA) is 48.8 Å². The van der Waals surface area contributed by atoms with Gasteiger partial charge in [-0.25, -0.2) is 4.98 Å². The molecule has 0 spiro atoms. The molecular weight excluding hydrogens is 264 g/mol. The summed E-state index contributed by atoms with van der Waals surface area (Å²) in [6.07, 6.45) is 2.41. The Hall–Kier alpha value is -1.75. The third kappa shape index (κ3) is 2.04. The average Bonchev–Trinajstić information content (AvgIpc) is 3.04. The van der Waals surface area contributed by atoms with Gasteiger partial charge in [-0.15, -0.1) is 11.6 Å². The molecule has 3 aromatic heterocycles. The normalized spacial score (nSPS) is 11.5. The fraction of sp³-hybridized carbons (Fsp3) is 0.385. The standard InChI is InChI=1S/C13H15ClN4O/c1-9-12-13(17(2)16-9)18(11(15-12)5-6-14)8-10-4-3-7-19-10/h3-4,7H,5-6,8H2,1-2H3. The van der Waals surface area contributed by atoms with Crippen molar-refractivity contribution in [2.45, 2.75) is 19.9 Å². The lowest BCUT2D eigenvalue weighted by Crippen LogP contribution is -2.08. The Labute approximate surface area is 115 Å². The number of aromatic nitrogens is 4. The molecule has 3 rings (SSSR count). The van der Waals surface area contributed by atoms with Gasteiger partial charge in [0, 0.05) is 19.3 Å². The van der Waals surface area contributed by atoms with Crippen molar-refractivity contribution in [3.8, 4) is 0 Å². The fourth-order valence-electron chi connectivity index (χ4n) is 2.38. The van der Waals surface area contributed by atoms with E-state index >= 15 is 0 Å². The van der Waals surface area contributed by atoms with Crippen LogP contribution in [0, 0.1) is 6.92 Å². The Kier molecular flexibility index (Phi) is 3.06. The highest BCUT2D eigenvalue weighted by molar-refractivity contribution is 6.17. The Morgan fingerprint density at radius 1 is 1.42 bits per heavy atom. The van der Waals surface area contributed by atoms with Crippen LogP contribution in [0.15, 0.2) is 22.8 Å². The van der Waals surface area contributed by atoms with Crippen LogP contribution in [0.2, 0.25) is 0 Å². The molecule has 3 aromatic rings. The summed E-state index contributed by atoms with van der Waals surface area (Å²) in [7, 11) is 1.93. The maximum atomic E-state index is 5.86. The van der Waals surface area contributed by atoms with Crippen molar-refractivity contribution in [3.05, 3.63) is 35.7 Å². The van der Waals surface area contributed by atoms with Gasteiger partial charge in [0.2, 0.25) is 0 Å². The van der Waals surface area contributed by atoms with Gasteiger partial charge in [0.15, 0.2) is 5.65 Å². The van der Waals surface area contributed by atoms with E-state index in [1.807, 2.05) is 30.8 Å². The summed E-state index contributed by atoms with van der Waals surface area (Å²) in [4.78, 5) is 4.66. The van der Waals surface area contributed by atoms with Crippen molar-refractivity contribution >= 4 is 22.8 Å². The summed E-state index contributed by atoms with van der Waals surface area (Å²) in [5, 5.41) is 4.41. The van der Waals surface area contributed by atoms with Crippen molar-refractivity contribution in [3.63, 3.8) is 0 Å². The zero-order valence-corrected chi connectivity index (χ0v) is 11.7. The van der Waals surface area contributed by atoms with Crippen molar-refractivity contribution < 1.29 is 4.42 Å². The first-order valence-corrected chi connectivity index (χ1v) is 6.71. The molecule has 5 nitrogen and oxygen atoms in total. The van der Waals surface area contributed by atoms with Gasteiger partial charge in [0.25, 0.3) is 0 Å². The minimum atomic E-state index is 0.550. The lowest BCUT2D eigenvalue weighted by Gasteiger charge is -2.07. The molecule has 0 radical (unpaired) electrons. The number of furan rings is 1. The van der Waals surface area contributed by atoms with Crippen LogP contribution in [0.3, 0.4) is 0 Å². The minimum absolute atomic E-state index is 0.550. The predicted molar refractivity (Wildman–Crippen MR) is 73.5 cm³/mol. The molecule has 0 saturated heterocycles.